The van der Waals surface area contributed by atoms with Crippen molar-refractivity contribution in [1.82, 2.24) is 4.90 Å². The highest BCUT2D eigenvalue weighted by molar-refractivity contribution is 9.09. The predicted octanol–water partition coefficient (Wildman–Crippen LogP) is 2.33. The second-order valence-electron chi connectivity index (χ2n) is 3.49. The minimum absolute atomic E-state index is 0.130. The van der Waals surface area contributed by atoms with Gasteiger partial charge in [0, 0.05) is 12.1 Å². The highest BCUT2D eigenvalue weighted by atomic mass is 79.9. The summed E-state index contributed by atoms with van der Waals surface area (Å²) in [4.78, 5) is 13.5. The molecule has 14 heavy (non-hydrogen) atoms. The monoisotopic (exact) mass is 255 g/mol. The molecule has 1 aromatic carbocycles. The lowest BCUT2D eigenvalue weighted by molar-refractivity contribution is 0.102. The lowest BCUT2D eigenvalue weighted by Crippen LogP contribution is -2.11. The van der Waals surface area contributed by atoms with Gasteiger partial charge >= 0.3 is 0 Å². The molecule has 0 aliphatic carbocycles. The zero-order chi connectivity index (χ0) is 10.6. The lowest BCUT2D eigenvalue weighted by atomic mass is 10.1. The lowest BCUT2D eigenvalue weighted by Gasteiger charge is -2.10. The third-order valence-corrected chi connectivity index (χ3v) is 2.38. The van der Waals surface area contributed by atoms with Gasteiger partial charge in [-0.15, -0.1) is 0 Å². The Morgan fingerprint density at radius 2 is 2.14 bits per heavy atom. The van der Waals surface area contributed by atoms with Gasteiger partial charge in [0.25, 0.3) is 0 Å². The van der Waals surface area contributed by atoms with Crippen LogP contribution < -0.4 is 0 Å². The average Bonchev–Trinajstić information content (AvgIpc) is 2.16. The van der Waals surface area contributed by atoms with Crippen molar-refractivity contribution in [2.45, 2.75) is 6.54 Å². The van der Waals surface area contributed by atoms with Crippen LogP contribution in [0, 0.1) is 0 Å². The van der Waals surface area contributed by atoms with Crippen molar-refractivity contribution in [1.29, 1.82) is 0 Å². The molecule has 0 unspecified atom stereocenters. The standard InChI is InChI=1S/C11H14BrNO/c1-13(2)8-9-4-3-5-10(6-9)11(14)7-12/h3-6H,7-8H2,1-2H3. The van der Waals surface area contributed by atoms with Gasteiger partial charge in [0.05, 0.1) is 5.33 Å². The topological polar surface area (TPSA) is 20.3 Å². The Bertz CT molecular complexity index is 323. The molecule has 0 N–H and O–H groups in total. The number of ketones is 1. The quantitative estimate of drug-likeness (QED) is 0.608. The molecule has 0 aliphatic rings. The molecule has 0 saturated carbocycles. The normalized spacial score (nSPS) is 10.6. The molecule has 0 spiro atoms. The maximum atomic E-state index is 11.4. The van der Waals surface area contributed by atoms with E-state index in [1.165, 1.54) is 5.56 Å². The molecule has 0 aliphatic heterocycles. The van der Waals surface area contributed by atoms with Gasteiger partial charge < -0.3 is 4.90 Å². The second kappa shape index (κ2) is 5.27. The molecule has 0 bridgehead atoms. The molecular weight excluding hydrogens is 242 g/mol. The number of hydrogen-bond donors (Lipinski definition) is 0. The number of rotatable bonds is 4. The largest absolute Gasteiger partial charge is 0.305 e. The highest BCUT2D eigenvalue weighted by Crippen LogP contribution is 2.08. The highest BCUT2D eigenvalue weighted by Gasteiger charge is 2.04. The summed E-state index contributed by atoms with van der Waals surface area (Å²) in [5, 5.41) is 0.387. The van der Waals surface area contributed by atoms with Crippen LogP contribution in [0.4, 0.5) is 0 Å². The first kappa shape index (κ1) is 11.4. The number of hydrogen-bond acceptors (Lipinski definition) is 2. The molecule has 3 heteroatoms. The Labute approximate surface area is 93.0 Å². The maximum Gasteiger partial charge on any atom is 0.173 e. The Morgan fingerprint density at radius 1 is 1.43 bits per heavy atom. The van der Waals surface area contributed by atoms with Gasteiger partial charge in [-0.05, 0) is 25.7 Å². The average molecular weight is 256 g/mol. The van der Waals surface area contributed by atoms with Crippen LogP contribution in [0.1, 0.15) is 15.9 Å². The van der Waals surface area contributed by atoms with Crippen LogP contribution in [0.15, 0.2) is 24.3 Å². The van der Waals surface area contributed by atoms with Crippen LogP contribution in [0.2, 0.25) is 0 Å². The van der Waals surface area contributed by atoms with Crippen molar-refractivity contribution >= 4 is 21.7 Å². The van der Waals surface area contributed by atoms with Crippen molar-refractivity contribution in [2.75, 3.05) is 19.4 Å². The van der Waals surface area contributed by atoms with Gasteiger partial charge in [0.2, 0.25) is 0 Å². The van der Waals surface area contributed by atoms with Crippen LogP contribution >= 0.6 is 15.9 Å². The first-order valence-corrected chi connectivity index (χ1v) is 5.58. The van der Waals surface area contributed by atoms with E-state index in [2.05, 4.69) is 20.8 Å². The van der Waals surface area contributed by atoms with Crippen molar-refractivity contribution in [3.05, 3.63) is 35.4 Å². The predicted molar refractivity (Wildman–Crippen MR) is 62.0 cm³/mol. The van der Waals surface area contributed by atoms with Gasteiger partial charge in [-0.1, -0.05) is 34.1 Å². The molecule has 0 saturated heterocycles. The zero-order valence-corrected chi connectivity index (χ0v) is 10.0. The molecule has 0 heterocycles. The summed E-state index contributed by atoms with van der Waals surface area (Å²) in [6.45, 7) is 0.864. The van der Waals surface area contributed by atoms with E-state index in [0.29, 0.717) is 5.33 Å². The molecule has 0 fully saturated rings. The smallest absolute Gasteiger partial charge is 0.173 e. The summed E-state index contributed by atoms with van der Waals surface area (Å²) in [6, 6.07) is 7.76. The number of Topliss-reactive ketones (excluding diaryl/α,β-unsaturated/α-hetero) is 1. The summed E-state index contributed by atoms with van der Waals surface area (Å²) >= 11 is 3.17. The van der Waals surface area contributed by atoms with Crippen LogP contribution in [0.3, 0.4) is 0 Å². The number of carbonyl (C=O) groups excluding carboxylic acids is 1. The Hall–Kier alpha value is -0.670. The van der Waals surface area contributed by atoms with E-state index in [9.17, 15) is 4.79 Å². The van der Waals surface area contributed by atoms with Gasteiger partial charge in [-0.25, -0.2) is 0 Å². The van der Waals surface area contributed by atoms with Crippen molar-refractivity contribution < 1.29 is 4.79 Å². The molecule has 2 nitrogen and oxygen atoms in total. The fourth-order valence-electron chi connectivity index (χ4n) is 1.29. The van der Waals surface area contributed by atoms with E-state index in [1.54, 1.807) is 0 Å². The van der Waals surface area contributed by atoms with Crippen LogP contribution in [-0.4, -0.2) is 30.1 Å². The minimum Gasteiger partial charge on any atom is -0.305 e. The summed E-state index contributed by atoms with van der Waals surface area (Å²) < 4.78 is 0. The number of alkyl halides is 1. The number of halogens is 1. The molecule has 0 amide bonds. The van der Waals surface area contributed by atoms with Crippen molar-refractivity contribution in [2.24, 2.45) is 0 Å². The fourth-order valence-corrected chi connectivity index (χ4v) is 1.61. The first-order chi connectivity index (χ1) is 6.63. The molecule has 0 atom stereocenters. The van der Waals surface area contributed by atoms with E-state index >= 15 is 0 Å². The maximum absolute atomic E-state index is 11.4. The second-order valence-corrected chi connectivity index (χ2v) is 4.06. The van der Waals surface area contributed by atoms with Gasteiger partial charge in [-0.2, -0.15) is 0 Å². The molecule has 1 aromatic rings. The van der Waals surface area contributed by atoms with E-state index in [-0.39, 0.29) is 5.78 Å². The van der Waals surface area contributed by atoms with Crippen molar-refractivity contribution in [3.63, 3.8) is 0 Å². The van der Waals surface area contributed by atoms with E-state index in [0.717, 1.165) is 12.1 Å². The summed E-state index contributed by atoms with van der Waals surface area (Å²) in [6.07, 6.45) is 0. The molecule has 76 valence electrons. The number of benzene rings is 1. The number of nitrogens with zero attached hydrogens (tertiary/aromatic N) is 1. The Kier molecular flexibility index (Phi) is 4.29. The SMILES string of the molecule is CN(C)Cc1cccc(C(=O)CBr)c1. The van der Waals surface area contributed by atoms with Gasteiger partial charge in [0.1, 0.15) is 0 Å². The molecule has 0 aromatic heterocycles. The summed E-state index contributed by atoms with van der Waals surface area (Å²) in [5.74, 6) is 0.130. The van der Waals surface area contributed by atoms with E-state index in [4.69, 9.17) is 0 Å². The Morgan fingerprint density at radius 3 is 2.71 bits per heavy atom. The first-order valence-electron chi connectivity index (χ1n) is 4.46. The van der Waals surface area contributed by atoms with Crippen LogP contribution in [0.25, 0.3) is 0 Å². The fraction of sp³-hybridized carbons (Fsp3) is 0.364. The van der Waals surface area contributed by atoms with E-state index < -0.39 is 0 Å². The molecule has 0 radical (unpaired) electrons. The van der Waals surface area contributed by atoms with E-state index in [1.807, 2.05) is 38.4 Å². The third kappa shape index (κ3) is 3.24. The summed E-state index contributed by atoms with van der Waals surface area (Å²) in [7, 11) is 4.03. The number of carbonyl (C=O) groups is 1. The summed E-state index contributed by atoms with van der Waals surface area (Å²) in [5.41, 5.74) is 1.95. The molecule has 1 rings (SSSR count). The van der Waals surface area contributed by atoms with Gasteiger partial charge in [0.15, 0.2) is 5.78 Å². The Balaban J connectivity index is 2.84. The zero-order valence-electron chi connectivity index (χ0n) is 8.46. The van der Waals surface area contributed by atoms with Crippen molar-refractivity contribution in [3.8, 4) is 0 Å². The third-order valence-electron chi connectivity index (χ3n) is 1.87. The van der Waals surface area contributed by atoms with Crippen LogP contribution in [0.5, 0.6) is 0 Å². The van der Waals surface area contributed by atoms with Gasteiger partial charge in [-0.3, -0.25) is 4.79 Å². The molecular formula is C11H14BrNO. The minimum atomic E-state index is 0.130. The van der Waals surface area contributed by atoms with Crippen LogP contribution in [-0.2, 0) is 6.54 Å².